The van der Waals surface area contributed by atoms with E-state index < -0.39 is 0 Å². The quantitative estimate of drug-likeness (QED) is 0.813. The van der Waals surface area contributed by atoms with Crippen LogP contribution in [0.15, 0.2) is 0 Å². The molecular weight excluding hydrogens is 240 g/mol. The van der Waals surface area contributed by atoms with Gasteiger partial charge in [0.15, 0.2) is 0 Å². The largest absolute Gasteiger partial charge is 0.396 e. The highest BCUT2D eigenvalue weighted by atomic mass is 16.3. The van der Waals surface area contributed by atoms with Gasteiger partial charge >= 0.3 is 0 Å². The Labute approximate surface area is 116 Å². The maximum atomic E-state index is 12.7. The van der Waals surface area contributed by atoms with E-state index in [4.69, 9.17) is 0 Å². The zero-order valence-electron chi connectivity index (χ0n) is 12.4. The van der Waals surface area contributed by atoms with Gasteiger partial charge in [-0.05, 0) is 51.0 Å². The van der Waals surface area contributed by atoms with Gasteiger partial charge in [0.1, 0.15) is 0 Å². The molecule has 0 radical (unpaired) electrons. The molecule has 0 aromatic carbocycles. The van der Waals surface area contributed by atoms with E-state index in [1.54, 1.807) is 0 Å². The first-order chi connectivity index (χ1) is 9.05. The van der Waals surface area contributed by atoms with Crippen LogP contribution in [0.3, 0.4) is 0 Å². The molecule has 2 heterocycles. The second-order valence-corrected chi connectivity index (χ2v) is 6.64. The lowest BCUT2D eigenvalue weighted by molar-refractivity contribution is -0.145. The van der Waals surface area contributed by atoms with Crippen LogP contribution in [-0.2, 0) is 4.79 Å². The van der Waals surface area contributed by atoms with Crippen molar-refractivity contribution in [2.45, 2.75) is 46.0 Å². The van der Waals surface area contributed by atoms with Crippen LogP contribution in [0, 0.1) is 10.8 Å². The van der Waals surface area contributed by atoms with Crippen molar-refractivity contribution in [3.05, 3.63) is 0 Å². The molecule has 0 bridgehead atoms. The Kier molecular flexibility index (Phi) is 4.51. The molecule has 0 aliphatic carbocycles. The number of nitrogens with one attached hydrogen (secondary N) is 1. The molecule has 0 aromatic rings. The van der Waals surface area contributed by atoms with Gasteiger partial charge in [0, 0.05) is 26.2 Å². The van der Waals surface area contributed by atoms with Gasteiger partial charge in [0.05, 0.1) is 5.41 Å². The first-order valence-electron chi connectivity index (χ1n) is 7.66. The third-order valence-corrected chi connectivity index (χ3v) is 5.31. The molecule has 2 saturated heterocycles. The highest BCUT2D eigenvalue weighted by molar-refractivity contribution is 5.82. The van der Waals surface area contributed by atoms with Gasteiger partial charge in [0.25, 0.3) is 0 Å². The van der Waals surface area contributed by atoms with E-state index in [9.17, 15) is 9.90 Å². The Morgan fingerprint density at radius 1 is 1.32 bits per heavy atom. The highest BCUT2D eigenvalue weighted by Gasteiger charge is 2.41. The lowest BCUT2D eigenvalue weighted by Gasteiger charge is -2.44. The number of aliphatic hydroxyl groups is 1. The minimum absolute atomic E-state index is 0.0580. The molecule has 4 nitrogen and oxygen atoms in total. The molecule has 1 atom stereocenters. The van der Waals surface area contributed by atoms with Crippen molar-refractivity contribution in [1.29, 1.82) is 0 Å². The number of piperidine rings is 2. The summed E-state index contributed by atoms with van der Waals surface area (Å²) in [7, 11) is 0. The van der Waals surface area contributed by atoms with E-state index >= 15 is 0 Å². The minimum atomic E-state index is -0.219. The summed E-state index contributed by atoms with van der Waals surface area (Å²) in [6.45, 7) is 7.94. The fourth-order valence-corrected chi connectivity index (χ4v) is 3.43. The Morgan fingerprint density at radius 3 is 2.47 bits per heavy atom. The van der Waals surface area contributed by atoms with Crippen LogP contribution in [0.25, 0.3) is 0 Å². The molecule has 110 valence electrons. The van der Waals surface area contributed by atoms with Crippen molar-refractivity contribution in [3.63, 3.8) is 0 Å². The summed E-state index contributed by atoms with van der Waals surface area (Å²) in [4.78, 5) is 14.7. The minimum Gasteiger partial charge on any atom is -0.396 e. The molecule has 2 aliphatic heterocycles. The number of aliphatic hydroxyl groups excluding tert-OH is 1. The molecule has 2 aliphatic rings. The van der Waals surface area contributed by atoms with E-state index in [2.05, 4.69) is 19.2 Å². The normalized spacial score (nSPS) is 31.2. The third kappa shape index (κ3) is 2.95. The Bertz CT molecular complexity index is 310. The molecular formula is C15H28N2O2. The van der Waals surface area contributed by atoms with Crippen molar-refractivity contribution >= 4 is 5.91 Å². The number of carbonyl (C=O) groups excluding carboxylic acids is 1. The SMILES string of the molecule is CCC1(CO)CCN(C(=O)C2(C)CCCNC2)CC1. The second-order valence-electron chi connectivity index (χ2n) is 6.64. The van der Waals surface area contributed by atoms with Gasteiger partial charge in [-0.1, -0.05) is 6.92 Å². The lowest BCUT2D eigenvalue weighted by Crippen LogP contribution is -2.53. The van der Waals surface area contributed by atoms with Gasteiger partial charge in [-0.15, -0.1) is 0 Å². The molecule has 0 aromatic heterocycles. The summed E-state index contributed by atoms with van der Waals surface area (Å²) in [5, 5.41) is 12.9. The number of likely N-dealkylation sites (tertiary alicyclic amines) is 1. The second kappa shape index (κ2) is 5.80. The number of hydrogen-bond acceptors (Lipinski definition) is 3. The standard InChI is InChI=1S/C15H28N2O2/c1-3-15(12-18)6-9-17(10-7-15)13(19)14(2)5-4-8-16-11-14/h16,18H,3-12H2,1-2H3. The summed E-state index contributed by atoms with van der Waals surface area (Å²) in [5.41, 5.74) is -0.161. The van der Waals surface area contributed by atoms with Crippen LogP contribution in [-0.4, -0.2) is 48.7 Å². The average Bonchev–Trinajstić information content (AvgIpc) is 2.47. The predicted molar refractivity (Wildman–Crippen MR) is 75.8 cm³/mol. The van der Waals surface area contributed by atoms with Gasteiger partial charge in [0.2, 0.25) is 5.91 Å². The van der Waals surface area contributed by atoms with E-state index in [-0.39, 0.29) is 17.4 Å². The van der Waals surface area contributed by atoms with Crippen LogP contribution in [0.2, 0.25) is 0 Å². The van der Waals surface area contributed by atoms with E-state index in [0.29, 0.717) is 5.91 Å². The van der Waals surface area contributed by atoms with Gasteiger partial charge in [-0.2, -0.15) is 0 Å². The zero-order chi connectivity index (χ0) is 13.9. The fourth-order valence-electron chi connectivity index (χ4n) is 3.43. The smallest absolute Gasteiger partial charge is 0.229 e. The topological polar surface area (TPSA) is 52.6 Å². The van der Waals surface area contributed by atoms with Crippen LogP contribution in [0.4, 0.5) is 0 Å². The zero-order valence-corrected chi connectivity index (χ0v) is 12.4. The first kappa shape index (κ1) is 14.8. The van der Waals surface area contributed by atoms with Crippen molar-refractivity contribution in [1.82, 2.24) is 10.2 Å². The maximum Gasteiger partial charge on any atom is 0.229 e. The molecule has 0 spiro atoms. The fraction of sp³-hybridized carbons (Fsp3) is 0.933. The van der Waals surface area contributed by atoms with Crippen molar-refractivity contribution in [2.75, 3.05) is 32.8 Å². The summed E-state index contributed by atoms with van der Waals surface area (Å²) in [6.07, 6.45) is 4.97. The summed E-state index contributed by atoms with van der Waals surface area (Å²) < 4.78 is 0. The van der Waals surface area contributed by atoms with Crippen LogP contribution < -0.4 is 5.32 Å². The van der Waals surface area contributed by atoms with Crippen molar-refractivity contribution in [2.24, 2.45) is 10.8 Å². The summed E-state index contributed by atoms with van der Waals surface area (Å²) in [6, 6.07) is 0. The van der Waals surface area contributed by atoms with Crippen LogP contribution >= 0.6 is 0 Å². The third-order valence-electron chi connectivity index (χ3n) is 5.31. The van der Waals surface area contributed by atoms with E-state index in [1.165, 1.54) is 0 Å². The number of carbonyl (C=O) groups is 1. The molecule has 19 heavy (non-hydrogen) atoms. The Hall–Kier alpha value is -0.610. The Morgan fingerprint density at radius 2 is 2.00 bits per heavy atom. The molecule has 2 rings (SSSR count). The monoisotopic (exact) mass is 268 g/mol. The Balaban J connectivity index is 1.95. The number of hydrogen-bond donors (Lipinski definition) is 2. The predicted octanol–water partition coefficient (Wildman–Crippen LogP) is 1.39. The molecule has 2 N–H and O–H groups in total. The molecule has 2 fully saturated rings. The summed E-state index contributed by atoms with van der Waals surface area (Å²) >= 11 is 0. The molecule has 4 heteroatoms. The molecule has 0 saturated carbocycles. The summed E-state index contributed by atoms with van der Waals surface area (Å²) in [5.74, 6) is 0.308. The van der Waals surface area contributed by atoms with E-state index in [1.807, 2.05) is 4.90 Å². The van der Waals surface area contributed by atoms with Gasteiger partial charge in [-0.25, -0.2) is 0 Å². The van der Waals surface area contributed by atoms with Crippen LogP contribution in [0.5, 0.6) is 0 Å². The first-order valence-corrected chi connectivity index (χ1v) is 7.66. The lowest BCUT2D eigenvalue weighted by atomic mass is 9.75. The van der Waals surface area contributed by atoms with Gasteiger partial charge < -0.3 is 15.3 Å². The number of rotatable bonds is 3. The van der Waals surface area contributed by atoms with Gasteiger partial charge in [-0.3, -0.25) is 4.79 Å². The van der Waals surface area contributed by atoms with Crippen molar-refractivity contribution < 1.29 is 9.90 Å². The van der Waals surface area contributed by atoms with E-state index in [0.717, 1.165) is 58.3 Å². The molecule has 1 amide bonds. The molecule has 1 unspecified atom stereocenters. The maximum absolute atomic E-state index is 12.7. The average molecular weight is 268 g/mol. The van der Waals surface area contributed by atoms with Crippen LogP contribution in [0.1, 0.15) is 46.0 Å². The number of nitrogens with zero attached hydrogens (tertiary/aromatic N) is 1. The number of amides is 1. The van der Waals surface area contributed by atoms with Crippen molar-refractivity contribution in [3.8, 4) is 0 Å². The highest BCUT2D eigenvalue weighted by Crippen LogP contribution is 2.36.